The first-order valence-electron chi connectivity index (χ1n) is 4.12. The van der Waals surface area contributed by atoms with E-state index in [0.29, 0.717) is 0 Å². The molecule has 13 heavy (non-hydrogen) atoms. The second-order valence-corrected chi connectivity index (χ2v) is 2.69. The van der Waals surface area contributed by atoms with E-state index in [0.717, 1.165) is 11.1 Å². The molecule has 1 aromatic carbocycles. The third kappa shape index (κ3) is 1.90. The Morgan fingerprint density at radius 3 is 2.69 bits per heavy atom. The van der Waals surface area contributed by atoms with Gasteiger partial charge in [0, 0.05) is 5.57 Å². The fourth-order valence-electron chi connectivity index (χ4n) is 1.16. The van der Waals surface area contributed by atoms with Crippen LogP contribution in [0.5, 0.6) is 0 Å². The van der Waals surface area contributed by atoms with Crippen LogP contribution in [0.15, 0.2) is 48.9 Å². The van der Waals surface area contributed by atoms with E-state index in [2.05, 4.69) is 0 Å². The minimum absolute atomic E-state index is 0.285. The Morgan fingerprint density at radius 1 is 1.00 bits per heavy atom. The molecule has 0 aromatic heterocycles. The summed E-state index contributed by atoms with van der Waals surface area (Å²) in [5.41, 5.74) is 2.15. The van der Waals surface area contributed by atoms with Crippen molar-refractivity contribution in [3.8, 4) is 0 Å². The van der Waals surface area contributed by atoms with Crippen molar-refractivity contribution in [3.63, 3.8) is 0 Å². The van der Waals surface area contributed by atoms with E-state index in [9.17, 15) is 0 Å². The van der Waals surface area contributed by atoms with Gasteiger partial charge in [0.2, 0.25) is 6.79 Å². The Hall–Kier alpha value is -1.70. The molecule has 0 unspecified atom stereocenters. The third-order valence-electron chi connectivity index (χ3n) is 1.80. The number of ether oxygens (including phenoxy) is 2. The lowest BCUT2D eigenvalue weighted by Gasteiger charge is -1.99. The van der Waals surface area contributed by atoms with E-state index in [4.69, 9.17) is 9.47 Å². The van der Waals surface area contributed by atoms with Gasteiger partial charge in [-0.25, -0.2) is 0 Å². The highest BCUT2D eigenvalue weighted by Gasteiger charge is 1.99. The van der Waals surface area contributed by atoms with E-state index in [-0.39, 0.29) is 6.79 Å². The predicted octanol–water partition coefficient (Wildman–Crippen LogP) is 2.55. The fraction of sp³-hybridized carbons (Fsp3) is 0.0909. The van der Waals surface area contributed by atoms with E-state index < -0.39 is 0 Å². The number of hydrogen-bond donors (Lipinski definition) is 0. The zero-order valence-corrected chi connectivity index (χ0v) is 7.14. The maximum atomic E-state index is 5.11. The molecule has 1 aromatic rings. The SMILES string of the molecule is C1=CC(c2ccccc2)=COCO1. The molecule has 1 aliphatic rings. The molecule has 2 nitrogen and oxygen atoms in total. The Morgan fingerprint density at radius 2 is 1.85 bits per heavy atom. The van der Waals surface area contributed by atoms with Crippen molar-refractivity contribution < 1.29 is 9.47 Å². The van der Waals surface area contributed by atoms with Gasteiger partial charge in [-0.3, -0.25) is 0 Å². The number of allylic oxidation sites excluding steroid dienone is 2. The lowest BCUT2D eigenvalue weighted by molar-refractivity contribution is 0.0486. The maximum absolute atomic E-state index is 5.11. The lowest BCUT2D eigenvalue weighted by Crippen LogP contribution is -1.85. The molecule has 0 atom stereocenters. The summed E-state index contributed by atoms with van der Waals surface area (Å²) in [5.74, 6) is 0. The van der Waals surface area contributed by atoms with Crippen LogP contribution in [0.1, 0.15) is 5.56 Å². The van der Waals surface area contributed by atoms with Gasteiger partial charge in [0.1, 0.15) is 0 Å². The summed E-state index contributed by atoms with van der Waals surface area (Å²) in [6, 6.07) is 10.0. The van der Waals surface area contributed by atoms with Crippen molar-refractivity contribution in [1.82, 2.24) is 0 Å². The predicted molar refractivity (Wildman–Crippen MR) is 50.6 cm³/mol. The molecule has 0 saturated heterocycles. The highest BCUT2D eigenvalue weighted by Crippen LogP contribution is 2.16. The molecule has 0 spiro atoms. The quantitative estimate of drug-likeness (QED) is 0.651. The van der Waals surface area contributed by atoms with Crippen LogP contribution >= 0.6 is 0 Å². The molecule has 0 aliphatic carbocycles. The standard InChI is InChI=1S/C11H10O2/c1-2-4-10(5-3-1)11-6-7-12-9-13-8-11/h1-8H,9H2. The van der Waals surface area contributed by atoms with Crippen LogP contribution < -0.4 is 0 Å². The summed E-state index contributed by atoms with van der Waals surface area (Å²) in [6.45, 7) is 0.285. The molecular weight excluding hydrogens is 164 g/mol. The third-order valence-corrected chi connectivity index (χ3v) is 1.80. The molecule has 0 radical (unpaired) electrons. The topological polar surface area (TPSA) is 18.5 Å². The highest BCUT2D eigenvalue weighted by molar-refractivity contribution is 5.72. The average Bonchev–Trinajstić information content (AvgIpc) is 2.47. The van der Waals surface area contributed by atoms with Gasteiger partial charge in [0.05, 0.1) is 12.5 Å². The summed E-state index contributed by atoms with van der Waals surface area (Å²) in [5, 5.41) is 0. The van der Waals surface area contributed by atoms with Gasteiger partial charge in [-0.2, -0.15) is 0 Å². The van der Waals surface area contributed by atoms with Crippen molar-refractivity contribution in [1.29, 1.82) is 0 Å². The monoisotopic (exact) mass is 174 g/mol. The van der Waals surface area contributed by atoms with Crippen LogP contribution in [0, 0.1) is 0 Å². The molecule has 0 saturated carbocycles. The van der Waals surface area contributed by atoms with Crippen LogP contribution in [0.3, 0.4) is 0 Å². The minimum atomic E-state index is 0.285. The second kappa shape index (κ2) is 3.81. The Bertz CT molecular complexity index is 325. The van der Waals surface area contributed by atoms with Gasteiger partial charge in [0.25, 0.3) is 0 Å². The van der Waals surface area contributed by atoms with E-state index in [1.165, 1.54) is 0 Å². The Labute approximate surface area is 77.1 Å². The van der Waals surface area contributed by atoms with Crippen molar-refractivity contribution in [2.24, 2.45) is 0 Å². The first-order valence-corrected chi connectivity index (χ1v) is 4.12. The van der Waals surface area contributed by atoms with E-state index in [1.807, 2.05) is 36.4 Å². The van der Waals surface area contributed by atoms with Gasteiger partial charge >= 0.3 is 0 Å². The van der Waals surface area contributed by atoms with Crippen LogP contribution in [-0.2, 0) is 9.47 Å². The van der Waals surface area contributed by atoms with Gasteiger partial charge in [-0.05, 0) is 11.6 Å². The number of rotatable bonds is 1. The fourth-order valence-corrected chi connectivity index (χ4v) is 1.16. The van der Waals surface area contributed by atoms with Crippen LogP contribution in [0.2, 0.25) is 0 Å². The van der Waals surface area contributed by atoms with Crippen LogP contribution in [0.4, 0.5) is 0 Å². The molecule has 0 amide bonds. The number of hydrogen-bond acceptors (Lipinski definition) is 2. The molecule has 66 valence electrons. The van der Waals surface area contributed by atoms with Crippen molar-refractivity contribution in [2.45, 2.75) is 0 Å². The molecule has 1 aliphatic heterocycles. The molecule has 0 fully saturated rings. The first kappa shape index (κ1) is 7.92. The van der Waals surface area contributed by atoms with Gasteiger partial charge in [0.15, 0.2) is 0 Å². The van der Waals surface area contributed by atoms with Gasteiger partial charge in [-0.1, -0.05) is 30.3 Å². The van der Waals surface area contributed by atoms with Crippen molar-refractivity contribution in [3.05, 3.63) is 54.5 Å². The zero-order chi connectivity index (χ0) is 8.93. The zero-order valence-electron chi connectivity index (χ0n) is 7.14. The second-order valence-electron chi connectivity index (χ2n) is 2.69. The number of benzene rings is 1. The minimum Gasteiger partial charge on any atom is -0.465 e. The Balaban J connectivity index is 2.29. The first-order chi connectivity index (χ1) is 6.47. The maximum Gasteiger partial charge on any atom is 0.229 e. The normalized spacial score (nSPS) is 15.2. The van der Waals surface area contributed by atoms with E-state index in [1.54, 1.807) is 12.5 Å². The average molecular weight is 174 g/mol. The summed E-state index contributed by atoms with van der Waals surface area (Å²) in [4.78, 5) is 0. The Kier molecular flexibility index (Phi) is 2.32. The van der Waals surface area contributed by atoms with Gasteiger partial charge < -0.3 is 9.47 Å². The smallest absolute Gasteiger partial charge is 0.229 e. The van der Waals surface area contributed by atoms with Crippen LogP contribution in [-0.4, -0.2) is 6.79 Å². The molecule has 1 heterocycles. The van der Waals surface area contributed by atoms with Gasteiger partial charge in [-0.15, -0.1) is 0 Å². The summed E-state index contributed by atoms with van der Waals surface area (Å²) in [7, 11) is 0. The summed E-state index contributed by atoms with van der Waals surface area (Å²) < 4.78 is 10.1. The molecule has 2 rings (SSSR count). The lowest BCUT2D eigenvalue weighted by atomic mass is 10.1. The molecular formula is C11H10O2. The molecule has 0 N–H and O–H groups in total. The van der Waals surface area contributed by atoms with E-state index >= 15 is 0 Å². The summed E-state index contributed by atoms with van der Waals surface area (Å²) in [6.07, 6.45) is 5.24. The summed E-state index contributed by atoms with van der Waals surface area (Å²) >= 11 is 0. The van der Waals surface area contributed by atoms with Crippen LogP contribution in [0.25, 0.3) is 5.57 Å². The van der Waals surface area contributed by atoms with Crippen molar-refractivity contribution in [2.75, 3.05) is 6.79 Å². The molecule has 0 bridgehead atoms. The largest absolute Gasteiger partial charge is 0.465 e. The van der Waals surface area contributed by atoms with Crippen molar-refractivity contribution >= 4 is 5.57 Å². The molecule has 2 heteroatoms. The highest BCUT2D eigenvalue weighted by atomic mass is 16.7.